The molecule has 6 nitrogen and oxygen atoms in total. The average molecular weight is 457 g/mol. The standard InChI is InChI=1S/C26H24N4O2S/c1-18(25(31)27-17-19-13-15-22(32-2)16-14-19)33-26-28-23(20-9-5-3-6-10-20)24(29-30-26)21-11-7-4-8-12-21/h3-16,18H,17H2,1-2H3,(H,27,31)/t18-/m0/s1. The van der Waals surface area contributed by atoms with Gasteiger partial charge in [0.15, 0.2) is 0 Å². The molecular formula is C26H24N4O2S. The average Bonchev–Trinajstić information content (AvgIpc) is 2.88. The highest BCUT2D eigenvalue weighted by Crippen LogP contribution is 2.30. The van der Waals surface area contributed by atoms with Crippen LogP contribution in [-0.2, 0) is 11.3 Å². The Morgan fingerprint density at radius 3 is 2.09 bits per heavy atom. The minimum absolute atomic E-state index is 0.0900. The Morgan fingerprint density at radius 2 is 1.48 bits per heavy atom. The van der Waals surface area contributed by atoms with Crippen LogP contribution in [0.4, 0.5) is 0 Å². The summed E-state index contributed by atoms with van der Waals surface area (Å²) in [7, 11) is 1.63. The van der Waals surface area contributed by atoms with Gasteiger partial charge in [0.2, 0.25) is 11.1 Å². The highest BCUT2D eigenvalue weighted by molar-refractivity contribution is 8.00. The van der Waals surface area contributed by atoms with Crippen LogP contribution in [0.15, 0.2) is 90.1 Å². The van der Waals surface area contributed by atoms with Gasteiger partial charge in [-0.05, 0) is 24.6 Å². The molecule has 7 heteroatoms. The Kier molecular flexibility index (Phi) is 7.32. The van der Waals surface area contributed by atoms with Gasteiger partial charge in [0.1, 0.15) is 17.1 Å². The summed E-state index contributed by atoms with van der Waals surface area (Å²) in [5.41, 5.74) is 4.34. The highest BCUT2D eigenvalue weighted by Gasteiger charge is 2.19. The van der Waals surface area contributed by atoms with Crippen LogP contribution in [0.3, 0.4) is 0 Å². The van der Waals surface area contributed by atoms with Crippen LogP contribution in [0.1, 0.15) is 12.5 Å². The second-order valence-corrected chi connectivity index (χ2v) is 8.66. The van der Waals surface area contributed by atoms with E-state index in [0.29, 0.717) is 17.4 Å². The van der Waals surface area contributed by atoms with Gasteiger partial charge in [-0.1, -0.05) is 84.6 Å². The van der Waals surface area contributed by atoms with Gasteiger partial charge in [0.25, 0.3) is 0 Å². The maximum absolute atomic E-state index is 12.7. The smallest absolute Gasteiger partial charge is 0.233 e. The third-order valence-corrected chi connectivity index (χ3v) is 5.99. The lowest BCUT2D eigenvalue weighted by Crippen LogP contribution is -2.30. The first-order chi connectivity index (χ1) is 16.1. The fourth-order valence-corrected chi connectivity index (χ4v) is 3.98. The van der Waals surface area contributed by atoms with Crippen molar-refractivity contribution in [1.82, 2.24) is 20.5 Å². The van der Waals surface area contributed by atoms with E-state index in [4.69, 9.17) is 9.72 Å². The van der Waals surface area contributed by atoms with Crippen molar-refractivity contribution in [3.8, 4) is 28.3 Å². The molecule has 0 saturated carbocycles. The van der Waals surface area contributed by atoms with Crippen LogP contribution in [0.25, 0.3) is 22.5 Å². The molecule has 0 radical (unpaired) electrons. The summed E-state index contributed by atoms with van der Waals surface area (Å²) >= 11 is 1.29. The lowest BCUT2D eigenvalue weighted by atomic mass is 10.0. The molecule has 1 atom stereocenters. The fraction of sp³-hybridized carbons (Fsp3) is 0.154. The second kappa shape index (κ2) is 10.7. The third-order valence-electron chi connectivity index (χ3n) is 5.04. The number of carbonyl (C=O) groups is 1. The number of methoxy groups -OCH3 is 1. The van der Waals surface area contributed by atoms with Crippen molar-refractivity contribution in [1.29, 1.82) is 0 Å². The van der Waals surface area contributed by atoms with E-state index < -0.39 is 0 Å². The predicted octanol–water partition coefficient (Wildman–Crippen LogP) is 5.01. The number of nitrogens with zero attached hydrogens (tertiary/aromatic N) is 3. The summed E-state index contributed by atoms with van der Waals surface area (Å²) in [6.45, 7) is 2.28. The SMILES string of the molecule is COc1ccc(CNC(=O)[C@H](C)Sc2nnc(-c3ccccc3)c(-c3ccccc3)n2)cc1. The van der Waals surface area contributed by atoms with Crippen LogP contribution in [0.5, 0.6) is 5.75 Å². The van der Waals surface area contributed by atoms with E-state index in [1.807, 2.05) is 91.9 Å². The molecule has 0 aliphatic heterocycles. The van der Waals surface area contributed by atoms with Crippen LogP contribution < -0.4 is 10.1 Å². The number of rotatable bonds is 8. The molecular weight excluding hydrogens is 432 g/mol. The number of carbonyl (C=O) groups excluding carboxylic acids is 1. The first-order valence-corrected chi connectivity index (χ1v) is 11.4. The van der Waals surface area contributed by atoms with Crippen molar-refractivity contribution in [3.63, 3.8) is 0 Å². The number of amides is 1. The van der Waals surface area contributed by atoms with Crippen molar-refractivity contribution in [2.45, 2.75) is 23.9 Å². The van der Waals surface area contributed by atoms with Crippen molar-refractivity contribution >= 4 is 17.7 Å². The zero-order chi connectivity index (χ0) is 23.0. The number of thioether (sulfide) groups is 1. The highest BCUT2D eigenvalue weighted by atomic mass is 32.2. The number of benzene rings is 3. The summed E-state index contributed by atoms with van der Waals surface area (Å²) in [5.74, 6) is 0.694. The molecule has 0 saturated heterocycles. The molecule has 1 N–H and O–H groups in total. The summed E-state index contributed by atoms with van der Waals surface area (Å²) in [5, 5.41) is 11.8. The molecule has 33 heavy (non-hydrogen) atoms. The number of ether oxygens (including phenoxy) is 1. The van der Waals surface area contributed by atoms with E-state index in [0.717, 1.165) is 28.1 Å². The van der Waals surface area contributed by atoms with Crippen LogP contribution >= 0.6 is 11.8 Å². The number of hydrogen-bond donors (Lipinski definition) is 1. The minimum atomic E-state index is -0.378. The molecule has 0 aliphatic rings. The molecule has 0 bridgehead atoms. The third kappa shape index (κ3) is 5.75. The van der Waals surface area contributed by atoms with Crippen molar-refractivity contribution in [2.24, 2.45) is 0 Å². The van der Waals surface area contributed by atoms with Crippen LogP contribution in [0, 0.1) is 0 Å². The van der Waals surface area contributed by atoms with E-state index in [9.17, 15) is 4.79 Å². The van der Waals surface area contributed by atoms with E-state index in [1.54, 1.807) is 7.11 Å². The first-order valence-electron chi connectivity index (χ1n) is 10.6. The normalized spacial score (nSPS) is 11.6. The summed E-state index contributed by atoms with van der Waals surface area (Å²) in [6.07, 6.45) is 0. The molecule has 4 aromatic rings. The summed E-state index contributed by atoms with van der Waals surface area (Å²) in [4.78, 5) is 17.4. The van der Waals surface area contributed by atoms with Gasteiger partial charge in [-0.3, -0.25) is 4.79 Å². The van der Waals surface area contributed by atoms with E-state index >= 15 is 0 Å². The lowest BCUT2D eigenvalue weighted by molar-refractivity contribution is -0.120. The largest absolute Gasteiger partial charge is 0.497 e. The molecule has 0 fully saturated rings. The molecule has 0 unspecified atom stereocenters. The van der Waals surface area contributed by atoms with Crippen molar-refractivity contribution in [3.05, 3.63) is 90.5 Å². The van der Waals surface area contributed by atoms with Gasteiger partial charge in [0.05, 0.1) is 12.4 Å². The minimum Gasteiger partial charge on any atom is -0.497 e. The number of aromatic nitrogens is 3. The first kappa shape index (κ1) is 22.5. The Morgan fingerprint density at radius 1 is 0.879 bits per heavy atom. The summed E-state index contributed by atoms with van der Waals surface area (Å²) in [6, 6.07) is 27.4. The van der Waals surface area contributed by atoms with Gasteiger partial charge in [-0.2, -0.15) is 0 Å². The van der Waals surface area contributed by atoms with E-state index in [2.05, 4.69) is 15.5 Å². The molecule has 0 aliphatic carbocycles. The van der Waals surface area contributed by atoms with Gasteiger partial charge in [-0.15, -0.1) is 10.2 Å². The monoisotopic (exact) mass is 456 g/mol. The second-order valence-electron chi connectivity index (χ2n) is 7.35. The van der Waals surface area contributed by atoms with Crippen LogP contribution in [-0.4, -0.2) is 33.4 Å². The zero-order valence-corrected chi connectivity index (χ0v) is 19.3. The Balaban J connectivity index is 1.49. The van der Waals surface area contributed by atoms with Crippen LogP contribution in [0.2, 0.25) is 0 Å². The Bertz CT molecular complexity index is 1200. The van der Waals surface area contributed by atoms with E-state index in [1.165, 1.54) is 11.8 Å². The van der Waals surface area contributed by atoms with Crippen molar-refractivity contribution in [2.75, 3.05) is 7.11 Å². The predicted molar refractivity (Wildman–Crippen MR) is 131 cm³/mol. The summed E-state index contributed by atoms with van der Waals surface area (Å²) < 4.78 is 5.17. The maximum Gasteiger partial charge on any atom is 0.233 e. The lowest BCUT2D eigenvalue weighted by Gasteiger charge is -2.13. The van der Waals surface area contributed by atoms with Gasteiger partial charge in [-0.25, -0.2) is 4.98 Å². The molecule has 4 rings (SSSR count). The zero-order valence-electron chi connectivity index (χ0n) is 18.4. The van der Waals surface area contributed by atoms with Crippen molar-refractivity contribution < 1.29 is 9.53 Å². The van der Waals surface area contributed by atoms with Gasteiger partial charge in [0, 0.05) is 17.7 Å². The fourth-order valence-electron chi connectivity index (χ4n) is 3.24. The quantitative estimate of drug-likeness (QED) is 0.376. The number of hydrogen-bond acceptors (Lipinski definition) is 6. The molecule has 166 valence electrons. The number of nitrogens with one attached hydrogen (secondary N) is 1. The van der Waals surface area contributed by atoms with Gasteiger partial charge < -0.3 is 10.1 Å². The topological polar surface area (TPSA) is 77.0 Å². The molecule has 0 spiro atoms. The molecule has 1 heterocycles. The van der Waals surface area contributed by atoms with E-state index in [-0.39, 0.29) is 11.2 Å². The Labute approximate surface area is 197 Å². The maximum atomic E-state index is 12.7. The molecule has 3 aromatic carbocycles. The Hall–Kier alpha value is -3.71. The van der Waals surface area contributed by atoms with Gasteiger partial charge >= 0.3 is 0 Å². The molecule has 1 amide bonds. The molecule has 1 aromatic heterocycles.